The lowest BCUT2D eigenvalue weighted by Crippen LogP contribution is -2.40. The Balaban J connectivity index is 1.74. The molecule has 0 bridgehead atoms. The number of hydrazine groups is 1. The summed E-state index contributed by atoms with van der Waals surface area (Å²) >= 11 is 0. The Morgan fingerprint density at radius 3 is 2.65 bits per heavy atom. The minimum absolute atomic E-state index is 0.0467. The van der Waals surface area contributed by atoms with E-state index in [9.17, 15) is 14.3 Å². The number of carbonyl (C=O) groups excluding carboxylic acids is 1. The molecule has 0 spiro atoms. The van der Waals surface area contributed by atoms with E-state index < -0.39 is 5.82 Å². The second-order valence-electron chi connectivity index (χ2n) is 6.31. The Kier molecular flexibility index (Phi) is 7.07. The molecule has 0 unspecified atom stereocenters. The van der Waals surface area contributed by atoms with Gasteiger partial charge in [0.1, 0.15) is 5.75 Å². The third kappa shape index (κ3) is 5.97. The van der Waals surface area contributed by atoms with Gasteiger partial charge in [-0.2, -0.15) is 4.98 Å². The summed E-state index contributed by atoms with van der Waals surface area (Å²) in [4.78, 5) is 24.3. The van der Waals surface area contributed by atoms with Gasteiger partial charge in [0.15, 0.2) is 11.6 Å². The summed E-state index contributed by atoms with van der Waals surface area (Å²) in [7, 11) is 1.66. The molecule has 1 heterocycles. The standard InChI is InChI=1S/C21H22FN7O2/c1-3-29(23-2)19(31)13-24-14-6-4-7-15(10-14)27-21-25-12-18(22)20(28-21)26-16-8-5-9-17(30)11-16/h4-13,23,30H,3H2,1-2H3,(H2,25,26,27,28)/b24-13+. The Morgan fingerprint density at radius 2 is 1.94 bits per heavy atom. The fraction of sp³-hybridized carbons (Fsp3) is 0.143. The maximum Gasteiger partial charge on any atom is 0.279 e. The van der Waals surface area contributed by atoms with E-state index in [1.165, 1.54) is 23.4 Å². The molecule has 9 nitrogen and oxygen atoms in total. The monoisotopic (exact) mass is 423 g/mol. The number of benzene rings is 2. The molecule has 0 radical (unpaired) electrons. The number of carbonyl (C=O) groups is 1. The van der Waals surface area contributed by atoms with Crippen molar-refractivity contribution in [1.82, 2.24) is 20.4 Å². The number of aliphatic imine (C=N–C) groups is 1. The summed E-state index contributed by atoms with van der Waals surface area (Å²) in [5, 5.41) is 16.8. The summed E-state index contributed by atoms with van der Waals surface area (Å²) in [6.45, 7) is 2.35. The number of aromatic hydroxyl groups is 1. The molecule has 4 N–H and O–H groups in total. The first-order valence-corrected chi connectivity index (χ1v) is 9.47. The SMILES string of the molecule is CCN(NC)C(=O)/C=N/c1cccc(Nc2ncc(F)c(Nc3cccc(O)c3)n2)c1. The maximum absolute atomic E-state index is 14.1. The van der Waals surface area contributed by atoms with Crippen LogP contribution in [0.4, 0.5) is 33.2 Å². The van der Waals surface area contributed by atoms with E-state index in [2.05, 4.69) is 31.0 Å². The quantitative estimate of drug-likeness (QED) is 0.324. The van der Waals surface area contributed by atoms with Crippen molar-refractivity contribution in [1.29, 1.82) is 0 Å². The zero-order chi connectivity index (χ0) is 22.2. The van der Waals surface area contributed by atoms with Crippen LogP contribution >= 0.6 is 0 Å². The van der Waals surface area contributed by atoms with Crippen molar-refractivity contribution in [3.8, 4) is 5.75 Å². The van der Waals surface area contributed by atoms with Crippen LogP contribution in [-0.2, 0) is 4.79 Å². The van der Waals surface area contributed by atoms with Crippen molar-refractivity contribution in [3.63, 3.8) is 0 Å². The Labute approximate surface area is 178 Å². The van der Waals surface area contributed by atoms with Crippen LogP contribution in [0.2, 0.25) is 0 Å². The highest BCUT2D eigenvalue weighted by Crippen LogP contribution is 2.24. The molecule has 0 fully saturated rings. The van der Waals surface area contributed by atoms with Crippen molar-refractivity contribution in [2.75, 3.05) is 24.2 Å². The molecule has 0 aliphatic heterocycles. The van der Waals surface area contributed by atoms with E-state index in [1.54, 1.807) is 43.4 Å². The van der Waals surface area contributed by atoms with Crippen LogP contribution in [0.3, 0.4) is 0 Å². The molecule has 0 atom stereocenters. The molecule has 2 aromatic carbocycles. The van der Waals surface area contributed by atoms with Crippen LogP contribution < -0.4 is 16.1 Å². The first-order valence-electron chi connectivity index (χ1n) is 9.47. The molecule has 1 aromatic heterocycles. The molecule has 3 rings (SSSR count). The predicted octanol–water partition coefficient (Wildman–Crippen LogP) is 3.49. The number of nitrogens with one attached hydrogen (secondary N) is 3. The summed E-state index contributed by atoms with van der Waals surface area (Å²) < 4.78 is 14.1. The number of hydrogen-bond acceptors (Lipinski definition) is 8. The Hall–Kier alpha value is -4.05. The van der Waals surface area contributed by atoms with Gasteiger partial charge in [0.25, 0.3) is 5.91 Å². The van der Waals surface area contributed by atoms with Gasteiger partial charge in [-0.25, -0.2) is 14.8 Å². The van der Waals surface area contributed by atoms with Crippen LogP contribution in [0.1, 0.15) is 6.92 Å². The zero-order valence-electron chi connectivity index (χ0n) is 17.0. The van der Waals surface area contributed by atoms with E-state index in [1.807, 2.05) is 6.92 Å². The normalized spacial score (nSPS) is 10.8. The van der Waals surface area contributed by atoms with Gasteiger partial charge in [0.05, 0.1) is 18.1 Å². The third-order valence-electron chi connectivity index (χ3n) is 4.13. The molecule has 0 saturated carbocycles. The lowest BCUT2D eigenvalue weighted by Gasteiger charge is -2.16. The number of amides is 1. The zero-order valence-corrected chi connectivity index (χ0v) is 17.0. The lowest BCUT2D eigenvalue weighted by molar-refractivity contribution is -0.125. The molecule has 0 aliphatic rings. The van der Waals surface area contributed by atoms with Gasteiger partial charge in [-0.15, -0.1) is 0 Å². The molecule has 0 saturated heterocycles. The van der Waals surface area contributed by atoms with E-state index in [-0.39, 0.29) is 23.4 Å². The molecule has 3 aromatic rings. The van der Waals surface area contributed by atoms with Gasteiger partial charge < -0.3 is 15.7 Å². The number of phenols is 1. The minimum atomic E-state index is -0.643. The molecular formula is C21H22FN7O2. The average molecular weight is 423 g/mol. The molecule has 160 valence electrons. The average Bonchev–Trinajstić information content (AvgIpc) is 2.76. The number of anilines is 4. The molecule has 31 heavy (non-hydrogen) atoms. The highest BCUT2D eigenvalue weighted by Gasteiger charge is 2.09. The van der Waals surface area contributed by atoms with Gasteiger partial charge in [0.2, 0.25) is 5.95 Å². The van der Waals surface area contributed by atoms with Crippen molar-refractivity contribution in [2.24, 2.45) is 4.99 Å². The largest absolute Gasteiger partial charge is 0.508 e. The summed E-state index contributed by atoms with van der Waals surface area (Å²) in [5.41, 5.74) is 4.41. The van der Waals surface area contributed by atoms with Crippen molar-refractivity contribution < 1.29 is 14.3 Å². The number of phenolic OH excluding ortho intramolecular Hbond substituents is 1. The smallest absolute Gasteiger partial charge is 0.279 e. The summed E-state index contributed by atoms with van der Waals surface area (Å²) in [5.74, 6) is -0.753. The lowest BCUT2D eigenvalue weighted by atomic mass is 10.3. The molecule has 0 aliphatic carbocycles. The predicted molar refractivity (Wildman–Crippen MR) is 118 cm³/mol. The summed E-state index contributed by atoms with van der Waals surface area (Å²) in [6.07, 6.45) is 2.27. The van der Waals surface area contributed by atoms with E-state index in [4.69, 9.17) is 0 Å². The summed E-state index contributed by atoms with van der Waals surface area (Å²) in [6, 6.07) is 13.2. The van der Waals surface area contributed by atoms with Gasteiger partial charge in [0, 0.05) is 31.0 Å². The van der Waals surface area contributed by atoms with Gasteiger partial charge in [-0.1, -0.05) is 12.1 Å². The number of halogens is 1. The molecule has 10 heteroatoms. The van der Waals surface area contributed by atoms with E-state index in [0.717, 1.165) is 6.20 Å². The van der Waals surface area contributed by atoms with Crippen LogP contribution in [-0.4, -0.2) is 45.8 Å². The highest BCUT2D eigenvalue weighted by molar-refractivity contribution is 6.26. The molecule has 1 amide bonds. The van der Waals surface area contributed by atoms with Gasteiger partial charge in [-0.05, 0) is 37.3 Å². The Morgan fingerprint density at radius 1 is 1.19 bits per heavy atom. The number of rotatable bonds is 8. The number of hydrogen-bond donors (Lipinski definition) is 4. The fourth-order valence-electron chi connectivity index (χ4n) is 2.65. The molecular weight excluding hydrogens is 401 g/mol. The maximum atomic E-state index is 14.1. The van der Waals surface area contributed by atoms with Gasteiger partial charge >= 0.3 is 0 Å². The van der Waals surface area contributed by atoms with E-state index in [0.29, 0.717) is 23.6 Å². The second kappa shape index (κ2) is 10.1. The first kappa shape index (κ1) is 21.7. The number of aromatic nitrogens is 2. The highest BCUT2D eigenvalue weighted by atomic mass is 19.1. The second-order valence-corrected chi connectivity index (χ2v) is 6.31. The third-order valence-corrected chi connectivity index (χ3v) is 4.13. The minimum Gasteiger partial charge on any atom is -0.508 e. The Bertz CT molecular complexity index is 1090. The van der Waals surface area contributed by atoms with Gasteiger partial charge in [-0.3, -0.25) is 14.8 Å². The van der Waals surface area contributed by atoms with Crippen LogP contribution in [0.15, 0.2) is 59.7 Å². The van der Waals surface area contributed by atoms with Crippen molar-refractivity contribution in [3.05, 3.63) is 60.5 Å². The van der Waals surface area contributed by atoms with E-state index >= 15 is 0 Å². The van der Waals surface area contributed by atoms with Crippen LogP contribution in [0.25, 0.3) is 0 Å². The van der Waals surface area contributed by atoms with Crippen LogP contribution in [0.5, 0.6) is 5.75 Å². The first-order chi connectivity index (χ1) is 15.0. The van der Waals surface area contributed by atoms with Crippen molar-refractivity contribution in [2.45, 2.75) is 6.92 Å². The fourth-order valence-corrected chi connectivity index (χ4v) is 2.65. The number of nitrogens with zero attached hydrogens (tertiary/aromatic N) is 4. The van der Waals surface area contributed by atoms with Crippen LogP contribution in [0, 0.1) is 5.82 Å². The topological polar surface area (TPSA) is 115 Å². The van der Waals surface area contributed by atoms with Crippen molar-refractivity contribution >= 4 is 41.0 Å².